The zero-order valence-electron chi connectivity index (χ0n) is 25.4. The Balaban J connectivity index is 0.000000248. The first-order valence-electron chi connectivity index (χ1n) is 14.7. The average molecular weight is 734 g/mol. The summed E-state index contributed by atoms with van der Waals surface area (Å²) < 4.78 is 8.39. The summed E-state index contributed by atoms with van der Waals surface area (Å²) in [5, 5.41) is 4.91. The molecule has 0 saturated heterocycles. The van der Waals surface area contributed by atoms with E-state index in [0.717, 1.165) is 28.1 Å². The van der Waals surface area contributed by atoms with E-state index >= 15 is 0 Å². The Labute approximate surface area is 269 Å². The number of nitrogens with zero attached hydrogens (tertiary/aromatic N) is 2. The van der Waals surface area contributed by atoms with Crippen LogP contribution in [0.2, 0.25) is 0 Å². The molecule has 2 nitrogen and oxygen atoms in total. The minimum atomic E-state index is -0.670. The quantitative estimate of drug-likeness (QED) is 0.133. The van der Waals surface area contributed by atoms with Gasteiger partial charge in [0, 0.05) is 33.9 Å². The predicted molar refractivity (Wildman–Crippen MR) is 176 cm³/mol. The first kappa shape index (κ1) is 28.7. The fourth-order valence-corrected chi connectivity index (χ4v) is 5.39. The summed E-state index contributed by atoms with van der Waals surface area (Å²) in [4.78, 5) is 8.82. The Morgan fingerprint density at radius 1 is 0.628 bits per heavy atom. The first-order valence-corrected chi connectivity index (χ1v) is 14.2. The standard InChI is InChI=1S/C29H24N.C11H8N.Ir/c1-19(2)22-15-16-30-28(18-22)23-13-14-26-25-12-8-7-11-24(25)20(3)29(27(26)17-23)21-9-5-4-6-10-21;1-2-6-10(7-3-1)11-8-4-5-9-12-11;/h4-12,14-19H,1-3H3;1-6,8-9H;/q2*-1;/i19D;;. The SMILES string of the molecule is [2H]C(C)(C)c1ccnc(-c2[c-]cc3c(c2)c(-c2ccccc2)c(C)c2ccccc23)c1.[Ir].[c-]1ccccc1-c1ccccn1. The third kappa shape index (κ3) is 6.49. The fourth-order valence-electron chi connectivity index (χ4n) is 5.39. The maximum atomic E-state index is 8.39. The van der Waals surface area contributed by atoms with Crippen LogP contribution in [0.25, 0.3) is 55.2 Å². The van der Waals surface area contributed by atoms with Crippen molar-refractivity contribution in [2.45, 2.75) is 26.7 Å². The van der Waals surface area contributed by atoms with Crippen molar-refractivity contribution in [3.05, 3.63) is 157 Å². The van der Waals surface area contributed by atoms with Gasteiger partial charge in [0.2, 0.25) is 0 Å². The monoisotopic (exact) mass is 734 g/mol. The molecule has 7 rings (SSSR count). The summed E-state index contributed by atoms with van der Waals surface area (Å²) in [6, 6.07) is 47.7. The maximum absolute atomic E-state index is 8.39. The molecule has 5 aromatic carbocycles. The van der Waals surface area contributed by atoms with Crippen LogP contribution in [-0.2, 0) is 20.1 Å². The first-order chi connectivity index (χ1) is 20.9. The Hall–Kier alpha value is -4.43. The molecule has 0 unspecified atom stereocenters. The Kier molecular flexibility index (Phi) is 9.13. The molecule has 0 N–H and O–H groups in total. The van der Waals surface area contributed by atoms with Crippen molar-refractivity contribution < 1.29 is 21.5 Å². The molecule has 0 spiro atoms. The van der Waals surface area contributed by atoms with Gasteiger partial charge < -0.3 is 9.97 Å². The molecule has 2 aromatic heterocycles. The van der Waals surface area contributed by atoms with Crippen molar-refractivity contribution in [2.75, 3.05) is 0 Å². The van der Waals surface area contributed by atoms with Gasteiger partial charge in [0.1, 0.15) is 0 Å². The van der Waals surface area contributed by atoms with Crippen LogP contribution < -0.4 is 0 Å². The fraction of sp³-hybridized carbons (Fsp3) is 0.100. The number of aromatic nitrogens is 2. The molecule has 0 fully saturated rings. The molecule has 0 amide bonds. The number of pyridine rings is 2. The van der Waals surface area contributed by atoms with Crippen LogP contribution in [0.1, 0.15) is 32.2 Å². The van der Waals surface area contributed by atoms with Gasteiger partial charge in [-0.15, -0.1) is 59.7 Å². The Morgan fingerprint density at radius 3 is 2.07 bits per heavy atom. The van der Waals surface area contributed by atoms with E-state index in [1.165, 1.54) is 38.2 Å². The van der Waals surface area contributed by atoms with Crippen LogP contribution in [0.3, 0.4) is 0 Å². The molecule has 1 radical (unpaired) electrons. The average Bonchev–Trinajstić information content (AvgIpc) is 3.06. The van der Waals surface area contributed by atoms with Gasteiger partial charge >= 0.3 is 0 Å². The van der Waals surface area contributed by atoms with E-state index in [1.807, 2.05) is 68.4 Å². The van der Waals surface area contributed by atoms with Crippen LogP contribution in [0, 0.1) is 19.1 Å². The van der Waals surface area contributed by atoms with Crippen LogP contribution in [0.4, 0.5) is 0 Å². The van der Waals surface area contributed by atoms with Crippen molar-refractivity contribution in [3.8, 4) is 33.6 Å². The van der Waals surface area contributed by atoms with Gasteiger partial charge in [0.25, 0.3) is 0 Å². The molecule has 0 bridgehead atoms. The molecule has 0 aliphatic rings. The summed E-state index contributed by atoms with van der Waals surface area (Å²) in [6.45, 7) is 6.01. The Morgan fingerprint density at radius 2 is 1.35 bits per heavy atom. The van der Waals surface area contributed by atoms with Gasteiger partial charge in [0.15, 0.2) is 0 Å². The molecule has 0 aliphatic heterocycles. The number of fused-ring (bicyclic) bond motifs is 3. The number of hydrogen-bond donors (Lipinski definition) is 0. The van der Waals surface area contributed by atoms with Gasteiger partial charge in [-0.05, 0) is 58.4 Å². The van der Waals surface area contributed by atoms with Crippen molar-refractivity contribution in [1.82, 2.24) is 9.97 Å². The van der Waals surface area contributed by atoms with E-state index in [0.29, 0.717) is 0 Å². The molecule has 213 valence electrons. The number of rotatable bonds is 4. The second-order valence-corrected chi connectivity index (χ2v) is 10.5. The van der Waals surface area contributed by atoms with Crippen LogP contribution in [-0.4, -0.2) is 9.97 Å². The van der Waals surface area contributed by atoms with E-state index in [-0.39, 0.29) is 20.1 Å². The summed E-state index contributed by atoms with van der Waals surface area (Å²) in [6.07, 6.45) is 3.58. The Bertz CT molecular complexity index is 1960. The predicted octanol–water partition coefficient (Wildman–Crippen LogP) is 10.5. The number of hydrogen-bond acceptors (Lipinski definition) is 2. The normalized spacial score (nSPS) is 11.3. The summed E-state index contributed by atoms with van der Waals surface area (Å²) in [7, 11) is 0. The van der Waals surface area contributed by atoms with E-state index in [1.54, 1.807) is 12.4 Å². The van der Waals surface area contributed by atoms with Crippen molar-refractivity contribution >= 4 is 21.5 Å². The molecular weight excluding hydrogens is 701 g/mol. The zero-order chi connectivity index (χ0) is 29.8. The summed E-state index contributed by atoms with van der Waals surface area (Å²) in [5.41, 5.74) is 8.50. The maximum Gasteiger partial charge on any atom is 0.0346 e. The third-order valence-electron chi connectivity index (χ3n) is 7.54. The third-order valence-corrected chi connectivity index (χ3v) is 7.54. The topological polar surface area (TPSA) is 25.8 Å². The van der Waals surface area contributed by atoms with Gasteiger partial charge in [0.05, 0.1) is 0 Å². The molecule has 43 heavy (non-hydrogen) atoms. The van der Waals surface area contributed by atoms with Gasteiger partial charge in [-0.3, -0.25) is 0 Å². The largest absolute Gasteiger partial charge is 0.305 e. The minimum Gasteiger partial charge on any atom is -0.305 e. The van der Waals surface area contributed by atoms with Gasteiger partial charge in [-0.25, -0.2) is 0 Å². The van der Waals surface area contributed by atoms with Crippen molar-refractivity contribution in [3.63, 3.8) is 0 Å². The molecule has 3 heteroatoms. The van der Waals surface area contributed by atoms with E-state index in [4.69, 9.17) is 1.37 Å². The van der Waals surface area contributed by atoms with Crippen LogP contribution >= 0.6 is 0 Å². The van der Waals surface area contributed by atoms with E-state index in [2.05, 4.69) is 95.8 Å². The van der Waals surface area contributed by atoms with Crippen LogP contribution in [0.5, 0.6) is 0 Å². The van der Waals surface area contributed by atoms with Gasteiger partial charge in [-0.1, -0.05) is 108 Å². The summed E-state index contributed by atoms with van der Waals surface area (Å²) >= 11 is 0. The van der Waals surface area contributed by atoms with Crippen LogP contribution in [0.15, 0.2) is 134 Å². The van der Waals surface area contributed by atoms with E-state index in [9.17, 15) is 0 Å². The molecule has 2 heterocycles. The minimum absolute atomic E-state index is 0. The zero-order valence-corrected chi connectivity index (χ0v) is 26.8. The second kappa shape index (κ2) is 13.7. The smallest absolute Gasteiger partial charge is 0.0346 e. The van der Waals surface area contributed by atoms with Crippen molar-refractivity contribution in [2.24, 2.45) is 0 Å². The summed E-state index contributed by atoms with van der Waals surface area (Å²) in [5.74, 6) is -0.670. The number of benzene rings is 5. The van der Waals surface area contributed by atoms with E-state index < -0.39 is 5.89 Å². The molecule has 0 aliphatic carbocycles. The van der Waals surface area contributed by atoms with Crippen molar-refractivity contribution in [1.29, 1.82) is 0 Å². The molecular formula is C40H32IrN2-2. The second-order valence-electron chi connectivity index (χ2n) is 10.5. The number of aryl methyl sites for hydroxylation is 1. The molecule has 0 atom stereocenters. The van der Waals surface area contributed by atoms with Gasteiger partial charge in [-0.2, -0.15) is 0 Å². The molecule has 7 aromatic rings. The molecule has 0 saturated carbocycles.